The Labute approximate surface area is 282 Å². The molecule has 0 heterocycles. The zero-order chi connectivity index (χ0) is 35.0. The number of carbonyl (C=O) groups excluding carboxylic acids is 2. The van der Waals surface area contributed by atoms with E-state index in [0.29, 0.717) is 36.2 Å². The fourth-order valence-corrected chi connectivity index (χ4v) is 4.44. The molecule has 2 aromatic rings. The number of hydrogen-bond acceptors (Lipinski definition) is 6. The molecule has 0 fully saturated rings. The van der Waals surface area contributed by atoms with Crippen molar-refractivity contribution in [3.63, 3.8) is 0 Å². The van der Waals surface area contributed by atoms with Crippen molar-refractivity contribution in [2.75, 3.05) is 27.4 Å². The maximum Gasteiger partial charge on any atom is 0.170 e. The van der Waals surface area contributed by atoms with Gasteiger partial charge in [-0.25, -0.2) is 0 Å². The van der Waals surface area contributed by atoms with Gasteiger partial charge in [0.2, 0.25) is 0 Å². The fraction of sp³-hybridized carbons (Fsp3) is 0.366. The molecule has 0 unspecified atom stereocenters. The maximum atomic E-state index is 14.1. The minimum atomic E-state index is -1.32. The largest absolute Gasteiger partial charge is 0.493 e. The third-order valence-electron chi connectivity index (χ3n) is 7.35. The molecule has 0 saturated carbocycles. The molecule has 0 amide bonds. The van der Waals surface area contributed by atoms with Gasteiger partial charge in [0, 0.05) is 0 Å². The van der Waals surface area contributed by atoms with Crippen molar-refractivity contribution in [1.29, 1.82) is 0 Å². The van der Waals surface area contributed by atoms with E-state index >= 15 is 0 Å². The lowest BCUT2D eigenvalue weighted by Gasteiger charge is -2.27. The van der Waals surface area contributed by atoms with E-state index in [-0.39, 0.29) is 24.4 Å². The number of hydrogen-bond donors (Lipinski definition) is 0. The first-order valence-corrected chi connectivity index (χ1v) is 15.9. The Balaban J connectivity index is 2.48. The Hall–Kier alpha value is -4.58. The molecule has 2 rings (SSSR count). The first-order chi connectivity index (χ1) is 22.3. The summed E-state index contributed by atoms with van der Waals surface area (Å²) in [5.74, 6) is 1.80. The predicted octanol–water partition coefficient (Wildman–Crippen LogP) is 9.96. The molecule has 2 aromatic carbocycles. The zero-order valence-electron chi connectivity index (χ0n) is 29.9. The lowest BCUT2D eigenvalue weighted by atomic mass is 9.72. The van der Waals surface area contributed by atoms with Crippen molar-refractivity contribution in [2.24, 2.45) is 5.41 Å². The molecule has 0 bridgehead atoms. The van der Waals surface area contributed by atoms with Gasteiger partial charge in [0.15, 0.2) is 34.6 Å². The van der Waals surface area contributed by atoms with Crippen molar-refractivity contribution >= 4 is 23.7 Å². The highest BCUT2D eigenvalue weighted by Gasteiger charge is 2.41. The first kappa shape index (κ1) is 38.6. The second kappa shape index (κ2) is 19.2. The molecule has 0 saturated heterocycles. The van der Waals surface area contributed by atoms with Gasteiger partial charge in [-0.2, -0.15) is 0 Å². The molecule has 0 atom stereocenters. The Bertz CT molecular complexity index is 1430. The Morgan fingerprint density at radius 1 is 0.553 bits per heavy atom. The summed E-state index contributed by atoms with van der Waals surface area (Å²) in [6.07, 6.45) is 14.9. The molecule has 0 aliphatic carbocycles. The second-order valence-corrected chi connectivity index (χ2v) is 12.5. The number of methoxy groups -OCH3 is 2. The molecule has 0 radical (unpaired) electrons. The van der Waals surface area contributed by atoms with Crippen molar-refractivity contribution < 1.29 is 28.5 Å². The number of rotatable bonds is 18. The molecule has 0 N–H and O–H groups in total. The van der Waals surface area contributed by atoms with E-state index in [1.807, 2.05) is 116 Å². The van der Waals surface area contributed by atoms with Crippen LogP contribution in [0.5, 0.6) is 23.0 Å². The van der Waals surface area contributed by atoms with Gasteiger partial charge in [0.25, 0.3) is 0 Å². The highest BCUT2D eigenvalue weighted by molar-refractivity contribution is 6.17. The van der Waals surface area contributed by atoms with Crippen molar-refractivity contribution in [1.82, 2.24) is 0 Å². The number of ether oxygens (including phenoxy) is 4. The van der Waals surface area contributed by atoms with Gasteiger partial charge in [-0.1, -0.05) is 58.7 Å². The highest BCUT2D eigenvalue weighted by atomic mass is 16.5. The van der Waals surface area contributed by atoms with Gasteiger partial charge >= 0.3 is 0 Å². The summed E-state index contributed by atoms with van der Waals surface area (Å²) in [5, 5.41) is 0. The predicted molar refractivity (Wildman–Crippen MR) is 194 cm³/mol. The molecule has 6 heteroatoms. The maximum absolute atomic E-state index is 14.1. The van der Waals surface area contributed by atoms with E-state index in [4.69, 9.17) is 18.9 Å². The Kier molecular flexibility index (Phi) is 15.7. The molecule has 0 spiro atoms. The number of ketones is 2. The normalized spacial score (nSPS) is 11.1. The molecule has 47 heavy (non-hydrogen) atoms. The van der Waals surface area contributed by atoms with Crippen LogP contribution >= 0.6 is 0 Å². The molecule has 0 aliphatic heterocycles. The van der Waals surface area contributed by atoms with Gasteiger partial charge < -0.3 is 18.9 Å². The molecule has 0 aromatic heterocycles. The van der Waals surface area contributed by atoms with Crippen LogP contribution < -0.4 is 18.9 Å². The van der Waals surface area contributed by atoms with E-state index < -0.39 is 5.41 Å². The van der Waals surface area contributed by atoms with Crippen LogP contribution in [0.1, 0.15) is 79.4 Å². The van der Waals surface area contributed by atoms with Crippen LogP contribution in [0, 0.1) is 5.41 Å². The Morgan fingerprint density at radius 3 is 1.23 bits per heavy atom. The first-order valence-electron chi connectivity index (χ1n) is 15.9. The topological polar surface area (TPSA) is 71.1 Å². The summed E-state index contributed by atoms with van der Waals surface area (Å²) in [5.41, 5.74) is 4.57. The number of benzene rings is 2. The minimum absolute atomic E-state index is 0.270. The molecule has 6 nitrogen and oxygen atoms in total. The highest BCUT2D eigenvalue weighted by Crippen LogP contribution is 2.35. The average molecular weight is 641 g/mol. The van der Waals surface area contributed by atoms with Crippen LogP contribution in [-0.4, -0.2) is 39.0 Å². The average Bonchev–Trinajstić information content (AvgIpc) is 3.02. The van der Waals surface area contributed by atoms with Crippen molar-refractivity contribution in [2.45, 2.75) is 68.2 Å². The van der Waals surface area contributed by atoms with E-state index in [9.17, 15) is 9.59 Å². The molecular weight excluding hydrogens is 588 g/mol. The van der Waals surface area contributed by atoms with Crippen molar-refractivity contribution in [3.05, 3.63) is 106 Å². The third-order valence-corrected chi connectivity index (χ3v) is 7.35. The van der Waals surface area contributed by atoms with Gasteiger partial charge in [-0.15, -0.1) is 0 Å². The second-order valence-electron chi connectivity index (χ2n) is 12.5. The summed E-state index contributed by atoms with van der Waals surface area (Å²) in [7, 11) is 3.16. The summed E-state index contributed by atoms with van der Waals surface area (Å²) < 4.78 is 22.8. The van der Waals surface area contributed by atoms with E-state index in [2.05, 4.69) is 0 Å². The van der Waals surface area contributed by atoms with Crippen LogP contribution in [0.25, 0.3) is 12.2 Å². The lowest BCUT2D eigenvalue weighted by molar-refractivity contribution is -0.134. The van der Waals surface area contributed by atoms with Crippen LogP contribution in [0.2, 0.25) is 0 Å². The van der Waals surface area contributed by atoms with E-state index in [0.717, 1.165) is 33.4 Å². The minimum Gasteiger partial charge on any atom is -0.493 e. The van der Waals surface area contributed by atoms with E-state index in [1.165, 1.54) is 12.2 Å². The lowest BCUT2D eigenvalue weighted by Crippen LogP contribution is -2.37. The molecule has 0 aliphatic rings. The van der Waals surface area contributed by atoms with Crippen LogP contribution in [0.3, 0.4) is 0 Å². The summed E-state index contributed by atoms with van der Waals surface area (Å²) in [6.45, 7) is 16.8. The van der Waals surface area contributed by atoms with Crippen molar-refractivity contribution in [3.8, 4) is 23.0 Å². The number of carbonyl (C=O) groups is 2. The molecule has 252 valence electrons. The van der Waals surface area contributed by atoms with Crippen LogP contribution in [0.15, 0.2) is 95.1 Å². The summed E-state index contributed by atoms with van der Waals surface area (Å²) in [6, 6.07) is 11.0. The number of allylic oxidation sites excluding steroid dienone is 8. The van der Waals surface area contributed by atoms with Gasteiger partial charge in [0.05, 0.1) is 14.2 Å². The summed E-state index contributed by atoms with van der Waals surface area (Å²) in [4.78, 5) is 28.3. The molecular formula is C41H52O6. The quantitative estimate of drug-likeness (QED) is 0.0918. The van der Waals surface area contributed by atoms with Gasteiger partial charge in [-0.3, -0.25) is 9.59 Å². The monoisotopic (exact) mass is 640 g/mol. The van der Waals surface area contributed by atoms with Gasteiger partial charge in [0.1, 0.15) is 18.6 Å². The SMILES string of the molecule is COc1cc(C=CC(=O)C(CC=C(C)C)(CC=C(C)C)C(=O)C=Cc2ccc(OCC=C(C)C)c(OC)c2)ccc1OCC=C(C)C. The fourth-order valence-electron chi connectivity index (χ4n) is 4.44. The zero-order valence-corrected chi connectivity index (χ0v) is 29.9. The van der Waals surface area contributed by atoms with E-state index in [1.54, 1.807) is 26.4 Å². The Morgan fingerprint density at radius 2 is 0.915 bits per heavy atom. The third kappa shape index (κ3) is 12.6. The smallest absolute Gasteiger partial charge is 0.170 e. The standard InChI is InChI=1S/C41H52O6/c1-29(2)19-23-41(24-20-30(3)4,39(42)17-13-33-11-15-35(37(27-33)44-9)46-25-21-31(5)6)40(43)18-14-34-12-16-36(38(28-34)45-10)47-26-22-32(7)8/h11-22,27-28H,23-26H2,1-10H3. The van der Waals surface area contributed by atoms with Crippen LogP contribution in [-0.2, 0) is 9.59 Å². The summed E-state index contributed by atoms with van der Waals surface area (Å²) >= 11 is 0. The van der Waals surface area contributed by atoms with Gasteiger partial charge in [-0.05, 0) is 128 Å². The van der Waals surface area contributed by atoms with Crippen LogP contribution in [0.4, 0.5) is 0 Å².